The maximum absolute atomic E-state index is 12.4. The summed E-state index contributed by atoms with van der Waals surface area (Å²) in [6.45, 7) is 9.71. The summed E-state index contributed by atoms with van der Waals surface area (Å²) in [5.74, 6) is 0.825. The molecule has 0 bridgehead atoms. The maximum atomic E-state index is 12.4. The van der Waals surface area contributed by atoms with Crippen molar-refractivity contribution in [3.05, 3.63) is 44.9 Å². The van der Waals surface area contributed by atoms with Crippen LogP contribution < -0.4 is 5.56 Å². The van der Waals surface area contributed by atoms with E-state index in [0.717, 1.165) is 68.1 Å². The summed E-state index contributed by atoms with van der Waals surface area (Å²) in [7, 11) is 0. The normalized spacial score (nSPS) is 14.8. The SMILES string of the molecule is CCCc1nc2c(c(=O)[nH]1)CN(Cc1cn(CCC)nc1C)CC2. The van der Waals surface area contributed by atoms with E-state index in [1.807, 2.05) is 4.68 Å². The van der Waals surface area contributed by atoms with E-state index in [1.54, 1.807) is 0 Å². The Bertz CT molecular complexity index is 761. The molecule has 130 valence electrons. The Labute approximate surface area is 142 Å². The second-order valence-electron chi connectivity index (χ2n) is 6.65. The van der Waals surface area contributed by atoms with Gasteiger partial charge in [0.25, 0.3) is 5.56 Å². The van der Waals surface area contributed by atoms with Gasteiger partial charge in [0.1, 0.15) is 5.82 Å². The molecule has 6 nitrogen and oxygen atoms in total. The van der Waals surface area contributed by atoms with Gasteiger partial charge in [-0.05, 0) is 19.8 Å². The molecule has 6 heteroatoms. The van der Waals surface area contributed by atoms with Crippen molar-refractivity contribution in [3.8, 4) is 0 Å². The number of fused-ring (bicyclic) bond motifs is 1. The maximum Gasteiger partial charge on any atom is 0.255 e. The van der Waals surface area contributed by atoms with Gasteiger partial charge in [0.2, 0.25) is 0 Å². The molecule has 24 heavy (non-hydrogen) atoms. The zero-order valence-electron chi connectivity index (χ0n) is 14.9. The van der Waals surface area contributed by atoms with E-state index in [-0.39, 0.29) is 5.56 Å². The summed E-state index contributed by atoms with van der Waals surface area (Å²) in [5.41, 5.74) is 4.18. The predicted octanol–water partition coefficient (Wildman–Crippen LogP) is 2.20. The number of aromatic amines is 1. The summed E-state index contributed by atoms with van der Waals surface area (Å²) in [6, 6.07) is 0. The van der Waals surface area contributed by atoms with Crippen molar-refractivity contribution in [1.29, 1.82) is 0 Å². The van der Waals surface area contributed by atoms with Crippen LogP contribution in [0.4, 0.5) is 0 Å². The molecule has 0 aliphatic carbocycles. The molecule has 3 rings (SSSR count). The van der Waals surface area contributed by atoms with Crippen molar-refractivity contribution in [1.82, 2.24) is 24.6 Å². The first kappa shape index (κ1) is 16.9. The van der Waals surface area contributed by atoms with E-state index in [1.165, 1.54) is 5.56 Å². The molecular formula is C18H27N5O. The third-order valence-corrected chi connectivity index (χ3v) is 4.58. The highest BCUT2D eigenvalue weighted by atomic mass is 16.1. The van der Waals surface area contributed by atoms with Crippen LogP contribution in [-0.4, -0.2) is 31.2 Å². The molecule has 1 aliphatic rings. The third-order valence-electron chi connectivity index (χ3n) is 4.58. The average molecular weight is 329 g/mol. The molecule has 2 aromatic rings. The molecule has 0 aromatic carbocycles. The molecule has 0 amide bonds. The van der Waals surface area contributed by atoms with E-state index in [0.29, 0.717) is 6.54 Å². The summed E-state index contributed by atoms with van der Waals surface area (Å²) in [5, 5.41) is 4.57. The number of hydrogen-bond acceptors (Lipinski definition) is 4. The monoisotopic (exact) mass is 329 g/mol. The van der Waals surface area contributed by atoms with Crippen LogP contribution in [0.1, 0.15) is 55.0 Å². The number of rotatable bonds is 6. The Morgan fingerprint density at radius 2 is 2.12 bits per heavy atom. The van der Waals surface area contributed by atoms with Gasteiger partial charge in [-0.1, -0.05) is 13.8 Å². The van der Waals surface area contributed by atoms with E-state index in [4.69, 9.17) is 0 Å². The van der Waals surface area contributed by atoms with Gasteiger partial charge in [-0.15, -0.1) is 0 Å². The van der Waals surface area contributed by atoms with E-state index >= 15 is 0 Å². The van der Waals surface area contributed by atoms with E-state index in [9.17, 15) is 4.79 Å². The van der Waals surface area contributed by atoms with Crippen LogP contribution in [0.3, 0.4) is 0 Å². The lowest BCUT2D eigenvalue weighted by molar-refractivity contribution is 0.241. The average Bonchev–Trinajstić information content (AvgIpc) is 2.88. The summed E-state index contributed by atoms with van der Waals surface area (Å²) in [6.07, 6.45) is 5.90. The fourth-order valence-corrected chi connectivity index (χ4v) is 3.32. The zero-order valence-corrected chi connectivity index (χ0v) is 14.9. The fourth-order valence-electron chi connectivity index (χ4n) is 3.32. The highest BCUT2D eigenvalue weighted by Gasteiger charge is 2.22. The molecule has 1 N–H and O–H groups in total. The Balaban J connectivity index is 1.74. The number of nitrogens with zero attached hydrogens (tertiary/aromatic N) is 4. The van der Waals surface area contributed by atoms with Gasteiger partial charge < -0.3 is 4.98 Å². The Morgan fingerprint density at radius 3 is 2.88 bits per heavy atom. The first-order valence-corrected chi connectivity index (χ1v) is 8.97. The third kappa shape index (κ3) is 3.59. The van der Waals surface area contributed by atoms with Crippen molar-refractivity contribution in [2.75, 3.05) is 6.54 Å². The first-order chi connectivity index (χ1) is 11.6. The minimum atomic E-state index is 0.0338. The zero-order chi connectivity index (χ0) is 17.1. The van der Waals surface area contributed by atoms with Gasteiger partial charge >= 0.3 is 0 Å². The molecule has 0 fully saturated rings. The summed E-state index contributed by atoms with van der Waals surface area (Å²) < 4.78 is 2.02. The molecule has 0 spiro atoms. The lowest BCUT2D eigenvalue weighted by atomic mass is 10.1. The standard InChI is InChI=1S/C18H27N5O/c1-4-6-17-19-16-7-9-22(12-15(16)18(24)20-17)10-14-11-23(8-5-2)21-13(14)3/h11H,4-10,12H2,1-3H3,(H,19,20,24). The Morgan fingerprint density at radius 1 is 1.29 bits per heavy atom. The number of H-pyrrole nitrogens is 1. The van der Waals surface area contributed by atoms with Crippen LogP contribution in [0, 0.1) is 6.92 Å². The van der Waals surface area contributed by atoms with Crippen molar-refractivity contribution in [2.45, 2.75) is 66.1 Å². The molecule has 0 radical (unpaired) electrons. The van der Waals surface area contributed by atoms with Gasteiger partial charge in [-0.3, -0.25) is 14.4 Å². The van der Waals surface area contributed by atoms with Gasteiger partial charge in [0.05, 0.1) is 17.0 Å². The predicted molar refractivity (Wildman–Crippen MR) is 93.9 cm³/mol. The number of nitrogens with one attached hydrogen (secondary N) is 1. The Kier molecular flexibility index (Phi) is 5.14. The highest BCUT2D eigenvalue weighted by Crippen LogP contribution is 2.18. The topological polar surface area (TPSA) is 66.8 Å². The van der Waals surface area contributed by atoms with E-state index in [2.05, 4.69) is 46.9 Å². The molecule has 1 aliphatic heterocycles. The molecule has 3 heterocycles. The van der Waals surface area contributed by atoms with Crippen LogP contribution in [0.5, 0.6) is 0 Å². The molecule has 2 aromatic heterocycles. The smallest absolute Gasteiger partial charge is 0.255 e. The number of aryl methyl sites for hydroxylation is 3. The Hall–Kier alpha value is -1.95. The number of hydrogen-bond donors (Lipinski definition) is 1. The highest BCUT2D eigenvalue weighted by molar-refractivity contribution is 5.22. The van der Waals surface area contributed by atoms with Crippen molar-refractivity contribution < 1.29 is 0 Å². The molecular weight excluding hydrogens is 302 g/mol. The second-order valence-corrected chi connectivity index (χ2v) is 6.65. The van der Waals surface area contributed by atoms with Crippen LogP contribution in [0.2, 0.25) is 0 Å². The van der Waals surface area contributed by atoms with Gasteiger partial charge in [0.15, 0.2) is 0 Å². The van der Waals surface area contributed by atoms with Gasteiger partial charge in [-0.25, -0.2) is 4.98 Å². The molecule has 0 saturated carbocycles. The lowest BCUT2D eigenvalue weighted by Gasteiger charge is -2.27. The summed E-state index contributed by atoms with van der Waals surface area (Å²) >= 11 is 0. The minimum Gasteiger partial charge on any atom is -0.310 e. The van der Waals surface area contributed by atoms with Crippen molar-refractivity contribution in [2.24, 2.45) is 0 Å². The minimum absolute atomic E-state index is 0.0338. The van der Waals surface area contributed by atoms with E-state index < -0.39 is 0 Å². The molecule has 0 saturated heterocycles. The van der Waals surface area contributed by atoms with Gasteiger partial charge in [0, 0.05) is 50.8 Å². The number of aromatic nitrogens is 4. The molecule has 0 atom stereocenters. The second kappa shape index (κ2) is 7.30. The van der Waals surface area contributed by atoms with Crippen LogP contribution >= 0.6 is 0 Å². The van der Waals surface area contributed by atoms with Gasteiger partial charge in [-0.2, -0.15) is 5.10 Å². The van der Waals surface area contributed by atoms with Crippen LogP contribution in [0.15, 0.2) is 11.0 Å². The fraction of sp³-hybridized carbons (Fsp3) is 0.611. The van der Waals surface area contributed by atoms with Crippen LogP contribution in [0.25, 0.3) is 0 Å². The largest absolute Gasteiger partial charge is 0.310 e. The van der Waals surface area contributed by atoms with Crippen molar-refractivity contribution >= 4 is 0 Å². The van der Waals surface area contributed by atoms with Crippen LogP contribution in [-0.2, 0) is 32.5 Å². The summed E-state index contributed by atoms with van der Waals surface area (Å²) in [4.78, 5) is 22.3. The van der Waals surface area contributed by atoms with Crippen molar-refractivity contribution in [3.63, 3.8) is 0 Å². The first-order valence-electron chi connectivity index (χ1n) is 8.97. The quantitative estimate of drug-likeness (QED) is 0.882. The lowest BCUT2D eigenvalue weighted by Crippen LogP contribution is -2.35. The molecule has 0 unspecified atom stereocenters.